The van der Waals surface area contributed by atoms with Crippen LogP contribution >= 0.6 is 0 Å². The van der Waals surface area contributed by atoms with E-state index in [2.05, 4.69) is 5.32 Å². The van der Waals surface area contributed by atoms with Gasteiger partial charge in [0.1, 0.15) is 11.5 Å². The Hall–Kier alpha value is -5.12. The molecule has 1 aliphatic heterocycles. The zero-order chi connectivity index (χ0) is 29.5. The Bertz CT molecular complexity index is 1420. The third-order valence-corrected chi connectivity index (χ3v) is 6.74. The van der Waals surface area contributed by atoms with Crippen LogP contribution in [0, 0.1) is 10.1 Å². The lowest BCUT2D eigenvalue weighted by Crippen LogP contribution is -2.33. The highest BCUT2D eigenvalue weighted by atomic mass is 16.6. The molecular weight excluding hydrogens is 528 g/mol. The average Bonchev–Trinajstić information content (AvgIpc) is 2.94. The van der Waals surface area contributed by atoms with Crippen molar-refractivity contribution in [1.29, 1.82) is 0 Å². The van der Waals surface area contributed by atoms with Crippen LogP contribution < -0.4 is 5.32 Å². The van der Waals surface area contributed by atoms with Gasteiger partial charge in [-0.1, -0.05) is 36.4 Å². The van der Waals surface area contributed by atoms with Crippen molar-refractivity contribution in [3.8, 4) is 11.5 Å². The molecule has 1 heterocycles. The number of hydrogen-bond acceptors (Lipinski definition) is 9. The highest BCUT2D eigenvalue weighted by Crippen LogP contribution is 2.40. The minimum absolute atomic E-state index is 0.0388. The van der Waals surface area contributed by atoms with Crippen molar-refractivity contribution in [2.45, 2.75) is 32.6 Å². The predicted molar refractivity (Wildman–Crippen MR) is 150 cm³/mol. The number of nitro benzene ring substituents is 1. The molecule has 3 aromatic rings. The number of hydrogen-bond donors (Lipinski definition) is 3. The number of carbonyl (C=O) groups is 2. The number of phenolic OH excluding ortho intramolecular Hbond substituents is 2. The summed E-state index contributed by atoms with van der Waals surface area (Å²) in [4.78, 5) is 37.9. The lowest BCUT2D eigenvalue weighted by Gasteiger charge is -2.30. The maximum atomic E-state index is 13.5. The standard InChI is InChI=1S/C31H30N2O8/c1-19-27(30(36)40-16-14-21-6-10-25(34)11-7-21)29(23-4-3-5-24(18-23)33(38)39)28(20(2)32-19)31(37)41-17-15-22-8-12-26(35)13-9-22/h3-13,18,29,32,34-35H,14-17H2,1-2H3. The van der Waals surface area contributed by atoms with Gasteiger partial charge in [-0.2, -0.15) is 0 Å². The molecule has 4 rings (SSSR count). The summed E-state index contributed by atoms with van der Waals surface area (Å²) in [6.07, 6.45) is 0.794. The minimum Gasteiger partial charge on any atom is -0.508 e. The van der Waals surface area contributed by atoms with Crippen molar-refractivity contribution >= 4 is 17.6 Å². The molecule has 3 N–H and O–H groups in total. The van der Waals surface area contributed by atoms with Crippen LogP contribution in [0.5, 0.6) is 11.5 Å². The van der Waals surface area contributed by atoms with Crippen LogP contribution in [0.25, 0.3) is 0 Å². The molecule has 10 nitrogen and oxygen atoms in total. The first-order valence-corrected chi connectivity index (χ1v) is 13.0. The Morgan fingerprint density at radius 3 is 1.71 bits per heavy atom. The van der Waals surface area contributed by atoms with Gasteiger partial charge in [0.15, 0.2) is 0 Å². The monoisotopic (exact) mass is 558 g/mol. The SMILES string of the molecule is CC1=C(C(=O)OCCc2ccc(O)cc2)C(c2cccc([N+](=O)[O-])c2)C(C(=O)OCCc2ccc(O)cc2)=C(C)N1. The predicted octanol–water partition coefficient (Wildman–Crippen LogP) is 4.81. The van der Waals surface area contributed by atoms with Crippen molar-refractivity contribution in [3.05, 3.63) is 122 Å². The van der Waals surface area contributed by atoms with Crippen molar-refractivity contribution in [3.63, 3.8) is 0 Å². The third kappa shape index (κ3) is 7.10. The average molecular weight is 559 g/mol. The van der Waals surface area contributed by atoms with Crippen LogP contribution in [-0.2, 0) is 31.9 Å². The number of allylic oxidation sites excluding steroid dienone is 2. The number of carbonyl (C=O) groups excluding carboxylic acids is 2. The molecule has 10 heteroatoms. The number of nitro groups is 1. The van der Waals surface area contributed by atoms with E-state index in [4.69, 9.17) is 9.47 Å². The molecule has 41 heavy (non-hydrogen) atoms. The van der Waals surface area contributed by atoms with Gasteiger partial charge in [0.05, 0.1) is 35.2 Å². The molecule has 0 aromatic heterocycles. The van der Waals surface area contributed by atoms with Crippen LogP contribution in [-0.4, -0.2) is 40.3 Å². The summed E-state index contributed by atoms with van der Waals surface area (Å²) in [5, 5.41) is 33.6. The van der Waals surface area contributed by atoms with Crippen LogP contribution in [0.3, 0.4) is 0 Å². The molecule has 3 aromatic carbocycles. The quantitative estimate of drug-likeness (QED) is 0.181. The number of aromatic hydroxyl groups is 2. The van der Waals surface area contributed by atoms with E-state index in [1.54, 1.807) is 68.4 Å². The van der Waals surface area contributed by atoms with E-state index in [1.165, 1.54) is 18.2 Å². The number of phenols is 2. The fourth-order valence-corrected chi connectivity index (χ4v) is 4.69. The summed E-state index contributed by atoms with van der Waals surface area (Å²) in [7, 11) is 0. The normalized spacial score (nSPS) is 13.5. The fourth-order valence-electron chi connectivity index (χ4n) is 4.69. The fraction of sp³-hybridized carbons (Fsp3) is 0.226. The zero-order valence-electron chi connectivity index (χ0n) is 22.6. The molecule has 0 fully saturated rings. The Morgan fingerprint density at radius 1 is 0.805 bits per heavy atom. The van der Waals surface area contributed by atoms with Gasteiger partial charge in [0, 0.05) is 36.4 Å². The largest absolute Gasteiger partial charge is 0.508 e. The highest BCUT2D eigenvalue weighted by molar-refractivity contribution is 6.00. The van der Waals surface area contributed by atoms with Crippen LogP contribution in [0.1, 0.15) is 36.5 Å². The first kappa shape index (κ1) is 28.9. The summed E-state index contributed by atoms with van der Waals surface area (Å²) < 4.78 is 11.2. The molecule has 0 unspecified atom stereocenters. The zero-order valence-corrected chi connectivity index (χ0v) is 22.6. The van der Waals surface area contributed by atoms with E-state index in [1.807, 2.05) is 0 Å². The number of ether oxygens (including phenoxy) is 2. The lowest BCUT2D eigenvalue weighted by molar-refractivity contribution is -0.384. The van der Waals surface area contributed by atoms with Gasteiger partial charge in [-0.3, -0.25) is 10.1 Å². The van der Waals surface area contributed by atoms with E-state index >= 15 is 0 Å². The molecule has 0 saturated carbocycles. The van der Waals surface area contributed by atoms with Gasteiger partial charge >= 0.3 is 11.9 Å². The maximum Gasteiger partial charge on any atom is 0.336 e. The number of non-ortho nitro benzene ring substituents is 1. The summed E-state index contributed by atoms with van der Waals surface area (Å²) >= 11 is 0. The van der Waals surface area contributed by atoms with Crippen molar-refractivity contribution in [1.82, 2.24) is 5.32 Å². The van der Waals surface area contributed by atoms with E-state index in [0.717, 1.165) is 11.1 Å². The van der Waals surface area contributed by atoms with Gasteiger partial charge in [-0.05, 0) is 54.8 Å². The van der Waals surface area contributed by atoms with Gasteiger partial charge < -0.3 is 25.0 Å². The number of rotatable bonds is 10. The van der Waals surface area contributed by atoms with E-state index in [-0.39, 0.29) is 41.5 Å². The van der Waals surface area contributed by atoms with Gasteiger partial charge in [-0.25, -0.2) is 9.59 Å². The molecular formula is C31H30N2O8. The summed E-state index contributed by atoms with van der Waals surface area (Å²) in [6.45, 7) is 3.43. The number of esters is 2. The van der Waals surface area contributed by atoms with Crippen LogP contribution in [0.15, 0.2) is 95.3 Å². The first-order valence-electron chi connectivity index (χ1n) is 13.0. The summed E-state index contributed by atoms with van der Waals surface area (Å²) in [5.41, 5.74) is 3.09. The maximum absolute atomic E-state index is 13.5. The molecule has 0 spiro atoms. The van der Waals surface area contributed by atoms with E-state index < -0.39 is 22.8 Å². The molecule has 0 atom stereocenters. The Kier molecular flexibility index (Phi) is 9.03. The second kappa shape index (κ2) is 12.8. The van der Waals surface area contributed by atoms with Gasteiger partial charge in [-0.15, -0.1) is 0 Å². The second-order valence-corrected chi connectivity index (χ2v) is 9.59. The lowest BCUT2D eigenvalue weighted by atomic mass is 9.80. The number of nitrogens with one attached hydrogen (secondary N) is 1. The molecule has 0 amide bonds. The minimum atomic E-state index is -0.974. The molecule has 212 valence electrons. The van der Waals surface area contributed by atoms with Crippen LogP contribution in [0.4, 0.5) is 5.69 Å². The van der Waals surface area contributed by atoms with E-state index in [9.17, 15) is 29.9 Å². The van der Waals surface area contributed by atoms with Crippen molar-refractivity contribution in [2.75, 3.05) is 13.2 Å². The molecule has 0 bridgehead atoms. The summed E-state index contributed by atoms with van der Waals surface area (Å²) in [5.74, 6) is -2.06. The first-order chi connectivity index (χ1) is 19.6. The van der Waals surface area contributed by atoms with Gasteiger partial charge in [0.25, 0.3) is 5.69 Å². The number of dihydropyridines is 1. The van der Waals surface area contributed by atoms with Crippen LogP contribution in [0.2, 0.25) is 0 Å². The Labute approximate surface area is 236 Å². The molecule has 0 radical (unpaired) electrons. The van der Waals surface area contributed by atoms with Crippen molar-refractivity contribution in [2.24, 2.45) is 0 Å². The smallest absolute Gasteiger partial charge is 0.336 e. The Morgan fingerprint density at radius 2 is 1.27 bits per heavy atom. The van der Waals surface area contributed by atoms with E-state index in [0.29, 0.717) is 29.8 Å². The number of nitrogens with zero attached hydrogens (tertiary/aromatic N) is 1. The molecule has 1 aliphatic rings. The number of benzene rings is 3. The second-order valence-electron chi connectivity index (χ2n) is 9.59. The Balaban J connectivity index is 1.59. The van der Waals surface area contributed by atoms with Gasteiger partial charge in [0.2, 0.25) is 0 Å². The third-order valence-electron chi connectivity index (χ3n) is 6.74. The van der Waals surface area contributed by atoms with Crippen molar-refractivity contribution < 1.29 is 34.2 Å². The topological polar surface area (TPSA) is 148 Å². The molecule has 0 saturated heterocycles. The summed E-state index contributed by atoms with van der Waals surface area (Å²) in [6, 6.07) is 18.9. The molecule has 0 aliphatic carbocycles. The highest BCUT2D eigenvalue weighted by Gasteiger charge is 2.38.